The minimum Gasteiger partial charge on any atom is -0.353 e. The van der Waals surface area contributed by atoms with Crippen LogP contribution in [0, 0.1) is 0 Å². The standard InChI is InChI=1S/C16H22N4/c1-3-13-5-6-15-14(11-13)16(18-12-17-15)20-9-7-19(4-2)8-10-20/h5-6,11-12H,3-4,7-10H2,1-2H3. The molecule has 0 amide bonds. The van der Waals surface area contributed by atoms with Gasteiger partial charge in [-0.2, -0.15) is 0 Å². The van der Waals surface area contributed by atoms with Gasteiger partial charge in [0, 0.05) is 31.6 Å². The van der Waals surface area contributed by atoms with Crippen molar-refractivity contribution < 1.29 is 0 Å². The lowest BCUT2D eigenvalue weighted by Gasteiger charge is -2.35. The number of rotatable bonds is 3. The molecule has 1 fully saturated rings. The van der Waals surface area contributed by atoms with Gasteiger partial charge >= 0.3 is 0 Å². The molecule has 0 atom stereocenters. The van der Waals surface area contributed by atoms with Crippen LogP contribution < -0.4 is 4.90 Å². The highest BCUT2D eigenvalue weighted by Gasteiger charge is 2.18. The van der Waals surface area contributed by atoms with E-state index in [2.05, 4.69) is 51.8 Å². The smallest absolute Gasteiger partial charge is 0.139 e. The minimum absolute atomic E-state index is 1.05. The SMILES string of the molecule is CCc1ccc2ncnc(N3CCN(CC)CC3)c2c1. The van der Waals surface area contributed by atoms with Crippen molar-refractivity contribution in [3.05, 3.63) is 30.1 Å². The van der Waals surface area contributed by atoms with Crippen LogP contribution in [0.4, 0.5) is 5.82 Å². The summed E-state index contributed by atoms with van der Waals surface area (Å²) in [6.07, 6.45) is 2.74. The van der Waals surface area contributed by atoms with Crippen LogP contribution in [-0.4, -0.2) is 47.6 Å². The lowest BCUT2D eigenvalue weighted by Crippen LogP contribution is -2.46. The molecule has 1 aliphatic rings. The summed E-state index contributed by atoms with van der Waals surface area (Å²) in [4.78, 5) is 13.8. The van der Waals surface area contributed by atoms with E-state index < -0.39 is 0 Å². The first-order chi connectivity index (χ1) is 9.81. The molecule has 3 rings (SSSR count). The zero-order valence-corrected chi connectivity index (χ0v) is 12.3. The third kappa shape index (κ3) is 2.48. The summed E-state index contributed by atoms with van der Waals surface area (Å²) in [5.41, 5.74) is 2.39. The molecule has 20 heavy (non-hydrogen) atoms. The first-order valence-electron chi connectivity index (χ1n) is 7.52. The van der Waals surface area contributed by atoms with Crippen molar-refractivity contribution in [3.8, 4) is 0 Å². The van der Waals surface area contributed by atoms with Crippen molar-refractivity contribution in [1.82, 2.24) is 14.9 Å². The number of benzene rings is 1. The molecule has 4 heteroatoms. The Kier molecular flexibility index (Phi) is 3.83. The molecule has 0 bridgehead atoms. The lowest BCUT2D eigenvalue weighted by atomic mass is 10.1. The van der Waals surface area contributed by atoms with Gasteiger partial charge in [-0.15, -0.1) is 0 Å². The predicted octanol–water partition coefficient (Wildman–Crippen LogP) is 2.33. The van der Waals surface area contributed by atoms with Crippen molar-refractivity contribution in [2.45, 2.75) is 20.3 Å². The van der Waals surface area contributed by atoms with Crippen LogP contribution in [0.15, 0.2) is 24.5 Å². The Morgan fingerprint density at radius 2 is 1.85 bits per heavy atom. The number of anilines is 1. The van der Waals surface area contributed by atoms with E-state index in [4.69, 9.17) is 0 Å². The number of aryl methyl sites for hydroxylation is 1. The number of hydrogen-bond donors (Lipinski definition) is 0. The van der Waals surface area contributed by atoms with Gasteiger partial charge in [0.2, 0.25) is 0 Å². The summed E-state index contributed by atoms with van der Waals surface area (Å²) in [5.74, 6) is 1.10. The van der Waals surface area contributed by atoms with Crippen LogP contribution in [-0.2, 0) is 6.42 Å². The predicted molar refractivity (Wildman–Crippen MR) is 83.2 cm³/mol. The molecule has 1 aromatic carbocycles. The van der Waals surface area contributed by atoms with Crippen molar-refractivity contribution >= 4 is 16.7 Å². The molecule has 1 aromatic heterocycles. The third-order valence-electron chi connectivity index (χ3n) is 4.21. The van der Waals surface area contributed by atoms with Crippen LogP contribution in [0.3, 0.4) is 0 Å². The fourth-order valence-corrected chi connectivity index (χ4v) is 2.84. The largest absolute Gasteiger partial charge is 0.353 e. The highest BCUT2D eigenvalue weighted by atomic mass is 15.3. The van der Waals surface area contributed by atoms with Crippen LogP contribution >= 0.6 is 0 Å². The Bertz CT molecular complexity index is 588. The molecular weight excluding hydrogens is 248 g/mol. The second-order valence-corrected chi connectivity index (χ2v) is 5.32. The summed E-state index contributed by atoms with van der Waals surface area (Å²) in [6, 6.07) is 6.52. The van der Waals surface area contributed by atoms with E-state index in [1.54, 1.807) is 6.33 Å². The summed E-state index contributed by atoms with van der Waals surface area (Å²) in [7, 11) is 0. The van der Waals surface area contributed by atoms with Crippen LogP contribution in [0.5, 0.6) is 0 Å². The zero-order chi connectivity index (χ0) is 13.9. The van der Waals surface area contributed by atoms with E-state index in [0.29, 0.717) is 0 Å². The molecule has 2 aromatic rings. The highest BCUT2D eigenvalue weighted by Crippen LogP contribution is 2.25. The second-order valence-electron chi connectivity index (χ2n) is 5.32. The third-order valence-corrected chi connectivity index (χ3v) is 4.21. The molecule has 1 aliphatic heterocycles. The summed E-state index contributed by atoms with van der Waals surface area (Å²) in [6.45, 7) is 9.89. The van der Waals surface area contributed by atoms with Gasteiger partial charge in [-0.3, -0.25) is 0 Å². The van der Waals surface area contributed by atoms with E-state index in [-0.39, 0.29) is 0 Å². The van der Waals surface area contributed by atoms with E-state index >= 15 is 0 Å². The quantitative estimate of drug-likeness (QED) is 0.857. The number of hydrogen-bond acceptors (Lipinski definition) is 4. The number of likely N-dealkylation sites (N-methyl/N-ethyl adjacent to an activating group) is 1. The van der Waals surface area contributed by atoms with Gasteiger partial charge in [0.05, 0.1) is 5.52 Å². The molecule has 0 spiro atoms. The topological polar surface area (TPSA) is 32.3 Å². The maximum absolute atomic E-state index is 4.55. The van der Waals surface area contributed by atoms with E-state index in [1.807, 2.05) is 0 Å². The first-order valence-corrected chi connectivity index (χ1v) is 7.52. The molecular formula is C16H22N4. The molecule has 0 N–H and O–H groups in total. The molecule has 0 saturated carbocycles. The molecule has 4 nitrogen and oxygen atoms in total. The Morgan fingerprint density at radius 3 is 2.55 bits per heavy atom. The van der Waals surface area contributed by atoms with Gasteiger partial charge in [0.25, 0.3) is 0 Å². The molecule has 0 radical (unpaired) electrons. The van der Waals surface area contributed by atoms with E-state index in [1.165, 1.54) is 10.9 Å². The van der Waals surface area contributed by atoms with Crippen LogP contribution in [0.25, 0.3) is 10.9 Å². The Morgan fingerprint density at radius 1 is 1.05 bits per heavy atom. The van der Waals surface area contributed by atoms with Crippen LogP contribution in [0.1, 0.15) is 19.4 Å². The maximum Gasteiger partial charge on any atom is 0.139 e. The lowest BCUT2D eigenvalue weighted by molar-refractivity contribution is 0.271. The Hall–Kier alpha value is -1.68. The molecule has 1 saturated heterocycles. The van der Waals surface area contributed by atoms with Gasteiger partial charge in [-0.25, -0.2) is 9.97 Å². The van der Waals surface area contributed by atoms with Gasteiger partial charge in [-0.05, 0) is 30.7 Å². The Labute approximate surface area is 120 Å². The van der Waals surface area contributed by atoms with E-state index in [0.717, 1.165) is 50.5 Å². The van der Waals surface area contributed by atoms with Crippen molar-refractivity contribution in [2.75, 3.05) is 37.6 Å². The average molecular weight is 270 g/mol. The highest BCUT2D eigenvalue weighted by molar-refractivity contribution is 5.89. The fourth-order valence-electron chi connectivity index (χ4n) is 2.84. The normalized spacial score (nSPS) is 16.8. The molecule has 2 heterocycles. The van der Waals surface area contributed by atoms with E-state index in [9.17, 15) is 0 Å². The minimum atomic E-state index is 1.05. The van der Waals surface area contributed by atoms with Gasteiger partial charge in [0.1, 0.15) is 12.1 Å². The number of piperazine rings is 1. The van der Waals surface area contributed by atoms with Gasteiger partial charge in [-0.1, -0.05) is 19.9 Å². The summed E-state index contributed by atoms with van der Waals surface area (Å²) in [5, 5.41) is 1.19. The van der Waals surface area contributed by atoms with Gasteiger partial charge < -0.3 is 9.80 Å². The Balaban J connectivity index is 1.94. The summed E-state index contributed by atoms with van der Waals surface area (Å²) < 4.78 is 0. The molecule has 0 aliphatic carbocycles. The molecule has 106 valence electrons. The first kappa shape index (κ1) is 13.3. The fraction of sp³-hybridized carbons (Fsp3) is 0.500. The number of fused-ring (bicyclic) bond motifs is 1. The average Bonchev–Trinajstić information content (AvgIpc) is 2.54. The van der Waals surface area contributed by atoms with Gasteiger partial charge in [0.15, 0.2) is 0 Å². The zero-order valence-electron chi connectivity index (χ0n) is 12.3. The monoisotopic (exact) mass is 270 g/mol. The molecule has 0 unspecified atom stereocenters. The number of nitrogens with zero attached hydrogens (tertiary/aromatic N) is 4. The van der Waals surface area contributed by atoms with Crippen molar-refractivity contribution in [2.24, 2.45) is 0 Å². The number of aromatic nitrogens is 2. The maximum atomic E-state index is 4.55. The van der Waals surface area contributed by atoms with Crippen molar-refractivity contribution in [1.29, 1.82) is 0 Å². The summed E-state index contributed by atoms with van der Waals surface area (Å²) >= 11 is 0. The van der Waals surface area contributed by atoms with Crippen LogP contribution in [0.2, 0.25) is 0 Å². The second kappa shape index (κ2) is 5.75. The van der Waals surface area contributed by atoms with Crippen molar-refractivity contribution in [3.63, 3.8) is 0 Å².